The standard InChI is InChI=1S/C17H10BrNO2/c18-13-4-1-3-11(9-13)12-6-7-14-16(10-12)20-15-5-2-8-19-17(15)21-14/h1-10H. The van der Waals surface area contributed by atoms with Crippen LogP contribution in [0.15, 0.2) is 65.3 Å². The number of ether oxygens (including phenoxy) is 2. The molecule has 1 aliphatic rings. The van der Waals surface area contributed by atoms with E-state index in [1.807, 2.05) is 42.5 Å². The van der Waals surface area contributed by atoms with Gasteiger partial charge in [-0.05, 0) is 47.5 Å². The van der Waals surface area contributed by atoms with Gasteiger partial charge in [-0.25, -0.2) is 4.98 Å². The molecule has 0 amide bonds. The van der Waals surface area contributed by atoms with Crippen LogP contribution in [-0.2, 0) is 0 Å². The molecule has 21 heavy (non-hydrogen) atoms. The van der Waals surface area contributed by atoms with E-state index in [0.29, 0.717) is 23.1 Å². The van der Waals surface area contributed by atoms with Gasteiger partial charge in [-0.15, -0.1) is 0 Å². The molecule has 1 aromatic heterocycles. The van der Waals surface area contributed by atoms with E-state index in [4.69, 9.17) is 9.47 Å². The van der Waals surface area contributed by atoms with Crippen LogP contribution in [0.2, 0.25) is 0 Å². The van der Waals surface area contributed by atoms with Gasteiger partial charge in [-0.2, -0.15) is 0 Å². The molecule has 0 saturated carbocycles. The van der Waals surface area contributed by atoms with Crippen molar-refractivity contribution in [1.29, 1.82) is 0 Å². The minimum atomic E-state index is 0.500. The van der Waals surface area contributed by atoms with Crippen molar-refractivity contribution in [2.75, 3.05) is 0 Å². The summed E-state index contributed by atoms with van der Waals surface area (Å²) in [5, 5.41) is 0. The van der Waals surface area contributed by atoms with Crippen LogP contribution in [0.25, 0.3) is 11.1 Å². The van der Waals surface area contributed by atoms with Crippen LogP contribution < -0.4 is 9.47 Å². The molecule has 2 aromatic carbocycles. The largest absolute Gasteiger partial charge is 0.448 e. The summed E-state index contributed by atoms with van der Waals surface area (Å²) in [6.45, 7) is 0. The molecule has 0 radical (unpaired) electrons. The second-order valence-electron chi connectivity index (χ2n) is 4.68. The Kier molecular flexibility index (Phi) is 2.89. The van der Waals surface area contributed by atoms with Crippen molar-refractivity contribution in [1.82, 2.24) is 4.98 Å². The molecule has 0 N–H and O–H groups in total. The van der Waals surface area contributed by atoms with Crippen LogP contribution in [0, 0.1) is 0 Å². The molecule has 4 heteroatoms. The molecule has 0 aliphatic carbocycles. The lowest BCUT2D eigenvalue weighted by Gasteiger charge is -2.19. The van der Waals surface area contributed by atoms with E-state index in [2.05, 4.69) is 33.0 Å². The van der Waals surface area contributed by atoms with Crippen LogP contribution >= 0.6 is 15.9 Å². The normalized spacial score (nSPS) is 11.9. The Morgan fingerprint density at radius 2 is 1.67 bits per heavy atom. The van der Waals surface area contributed by atoms with E-state index < -0.39 is 0 Å². The first-order valence-corrected chi connectivity index (χ1v) is 7.30. The predicted octanol–water partition coefficient (Wildman–Crippen LogP) is 5.41. The summed E-state index contributed by atoms with van der Waals surface area (Å²) in [6.07, 6.45) is 1.68. The highest BCUT2D eigenvalue weighted by molar-refractivity contribution is 9.10. The van der Waals surface area contributed by atoms with Crippen molar-refractivity contribution < 1.29 is 9.47 Å². The summed E-state index contributed by atoms with van der Waals surface area (Å²) >= 11 is 3.49. The van der Waals surface area contributed by atoms with Crippen LogP contribution in [0.3, 0.4) is 0 Å². The number of benzene rings is 2. The highest BCUT2D eigenvalue weighted by Gasteiger charge is 2.19. The summed E-state index contributed by atoms with van der Waals surface area (Å²) in [5.74, 6) is 2.52. The first kappa shape index (κ1) is 12.4. The number of halogens is 1. The molecular formula is C17H10BrNO2. The second kappa shape index (κ2) is 4.90. The fraction of sp³-hybridized carbons (Fsp3) is 0. The fourth-order valence-corrected chi connectivity index (χ4v) is 2.67. The topological polar surface area (TPSA) is 31.4 Å². The summed E-state index contributed by atoms with van der Waals surface area (Å²) < 4.78 is 12.7. The quantitative estimate of drug-likeness (QED) is 0.464. The minimum Gasteiger partial charge on any atom is -0.448 e. The van der Waals surface area contributed by atoms with Gasteiger partial charge in [0.2, 0.25) is 0 Å². The molecule has 0 fully saturated rings. The molecule has 4 rings (SSSR count). The minimum absolute atomic E-state index is 0.500. The Morgan fingerprint density at radius 3 is 2.57 bits per heavy atom. The number of rotatable bonds is 1. The first-order valence-electron chi connectivity index (χ1n) is 6.50. The van der Waals surface area contributed by atoms with Gasteiger partial charge in [-0.1, -0.05) is 34.1 Å². The van der Waals surface area contributed by atoms with Gasteiger partial charge in [0.25, 0.3) is 5.88 Å². The van der Waals surface area contributed by atoms with E-state index in [0.717, 1.165) is 15.6 Å². The van der Waals surface area contributed by atoms with Crippen molar-refractivity contribution >= 4 is 15.9 Å². The Hall–Kier alpha value is -2.33. The highest BCUT2D eigenvalue weighted by Crippen LogP contribution is 2.45. The van der Waals surface area contributed by atoms with Gasteiger partial charge in [0.05, 0.1) is 0 Å². The number of aromatic nitrogens is 1. The Morgan fingerprint density at radius 1 is 0.762 bits per heavy atom. The fourth-order valence-electron chi connectivity index (χ4n) is 2.27. The average Bonchev–Trinajstić information content (AvgIpc) is 2.52. The number of hydrogen-bond donors (Lipinski definition) is 0. The molecule has 2 heterocycles. The Balaban J connectivity index is 1.76. The summed E-state index contributed by atoms with van der Waals surface area (Å²) in [4.78, 5) is 4.16. The third-order valence-corrected chi connectivity index (χ3v) is 3.76. The van der Waals surface area contributed by atoms with Gasteiger partial charge in [0.1, 0.15) is 0 Å². The molecule has 3 nitrogen and oxygen atoms in total. The van der Waals surface area contributed by atoms with Gasteiger partial charge >= 0.3 is 0 Å². The molecule has 0 spiro atoms. The number of pyridine rings is 1. The SMILES string of the molecule is Brc1cccc(-c2ccc3c(c2)Oc2cccnc2O3)c1. The van der Waals surface area contributed by atoms with E-state index in [1.165, 1.54) is 0 Å². The van der Waals surface area contributed by atoms with E-state index in [1.54, 1.807) is 6.20 Å². The summed E-state index contributed by atoms with van der Waals surface area (Å²) in [5.41, 5.74) is 2.19. The van der Waals surface area contributed by atoms with Crippen molar-refractivity contribution in [2.24, 2.45) is 0 Å². The van der Waals surface area contributed by atoms with Gasteiger partial charge in [-0.3, -0.25) is 0 Å². The molecule has 0 atom stereocenters. The maximum atomic E-state index is 5.87. The Labute approximate surface area is 130 Å². The number of hydrogen-bond acceptors (Lipinski definition) is 3. The van der Waals surface area contributed by atoms with Crippen molar-refractivity contribution in [3.63, 3.8) is 0 Å². The zero-order chi connectivity index (χ0) is 14.2. The average molecular weight is 340 g/mol. The second-order valence-corrected chi connectivity index (χ2v) is 5.60. The molecule has 102 valence electrons. The third kappa shape index (κ3) is 2.28. The van der Waals surface area contributed by atoms with Crippen molar-refractivity contribution in [3.05, 3.63) is 65.3 Å². The van der Waals surface area contributed by atoms with Gasteiger partial charge < -0.3 is 9.47 Å². The summed E-state index contributed by atoms with van der Waals surface area (Å²) in [7, 11) is 0. The zero-order valence-electron chi connectivity index (χ0n) is 10.9. The van der Waals surface area contributed by atoms with E-state index in [-0.39, 0.29) is 0 Å². The molecule has 0 unspecified atom stereocenters. The molecular weight excluding hydrogens is 330 g/mol. The molecule has 3 aromatic rings. The highest BCUT2D eigenvalue weighted by atomic mass is 79.9. The van der Waals surface area contributed by atoms with Crippen LogP contribution in [0.5, 0.6) is 23.1 Å². The van der Waals surface area contributed by atoms with E-state index >= 15 is 0 Å². The number of fused-ring (bicyclic) bond motifs is 2. The van der Waals surface area contributed by atoms with E-state index in [9.17, 15) is 0 Å². The van der Waals surface area contributed by atoms with Crippen LogP contribution in [0.4, 0.5) is 0 Å². The lowest BCUT2D eigenvalue weighted by molar-refractivity contribution is 0.348. The monoisotopic (exact) mass is 339 g/mol. The number of nitrogens with zero attached hydrogens (tertiary/aromatic N) is 1. The van der Waals surface area contributed by atoms with Crippen LogP contribution in [0.1, 0.15) is 0 Å². The molecule has 1 aliphatic heterocycles. The third-order valence-electron chi connectivity index (χ3n) is 3.26. The molecule has 0 saturated heterocycles. The summed E-state index contributed by atoms with van der Waals surface area (Å²) in [6, 6.07) is 17.7. The predicted molar refractivity (Wildman–Crippen MR) is 84.0 cm³/mol. The lowest BCUT2D eigenvalue weighted by Crippen LogP contribution is -2.00. The van der Waals surface area contributed by atoms with Gasteiger partial charge in [0.15, 0.2) is 17.2 Å². The maximum absolute atomic E-state index is 5.87. The maximum Gasteiger partial charge on any atom is 0.263 e. The smallest absolute Gasteiger partial charge is 0.263 e. The van der Waals surface area contributed by atoms with Gasteiger partial charge in [0, 0.05) is 10.7 Å². The first-order chi connectivity index (χ1) is 10.3. The van der Waals surface area contributed by atoms with Crippen molar-refractivity contribution in [3.8, 4) is 34.3 Å². The lowest BCUT2D eigenvalue weighted by atomic mass is 10.1. The van der Waals surface area contributed by atoms with Crippen molar-refractivity contribution in [2.45, 2.75) is 0 Å². The Bertz CT molecular complexity index is 833. The molecule has 0 bridgehead atoms. The zero-order valence-corrected chi connectivity index (χ0v) is 12.5. The van der Waals surface area contributed by atoms with Crippen LogP contribution in [-0.4, -0.2) is 4.98 Å².